The van der Waals surface area contributed by atoms with E-state index in [-0.39, 0.29) is 51.6 Å². The molecule has 3 aliphatic carbocycles. The minimum atomic E-state index is -0.263. The Kier molecular flexibility index (Phi) is 10.1. The molecular formula is C37H54N4O4. The Labute approximate surface area is 269 Å². The Hall–Kier alpha value is -2.76. The Bertz CT molecular complexity index is 1320. The number of fused-ring (bicyclic) bond motifs is 2. The lowest BCUT2D eigenvalue weighted by Gasteiger charge is -2.54. The number of allylic oxidation sites excluding steroid dienone is 1. The number of nitrogens with one attached hydrogen (secondary N) is 2. The Morgan fingerprint density at radius 2 is 1.96 bits per heavy atom. The monoisotopic (exact) mass is 618 g/mol. The fraction of sp³-hybridized carbons (Fsp3) is 0.730. The first-order chi connectivity index (χ1) is 21.4. The highest BCUT2D eigenvalue weighted by atomic mass is 16.5. The van der Waals surface area contributed by atoms with Crippen molar-refractivity contribution in [2.75, 3.05) is 26.2 Å². The van der Waals surface area contributed by atoms with E-state index in [4.69, 9.17) is 4.74 Å². The lowest BCUT2D eigenvalue weighted by Crippen LogP contribution is -2.50. The third kappa shape index (κ3) is 7.97. The van der Waals surface area contributed by atoms with Crippen LogP contribution in [-0.4, -0.2) is 59.5 Å². The number of amides is 1. The number of rotatable bonds is 13. The van der Waals surface area contributed by atoms with E-state index in [1.807, 2.05) is 13.0 Å². The van der Waals surface area contributed by atoms with E-state index >= 15 is 0 Å². The number of carbonyl (C=O) groups excluding carboxylic acids is 2. The minimum Gasteiger partial charge on any atom is -0.374 e. The Morgan fingerprint density at radius 3 is 2.58 bits per heavy atom. The van der Waals surface area contributed by atoms with Crippen LogP contribution in [0.15, 0.2) is 35.8 Å². The topological polar surface area (TPSA) is 115 Å². The molecule has 2 bridgehead atoms. The van der Waals surface area contributed by atoms with Gasteiger partial charge in [-0.1, -0.05) is 26.8 Å². The highest BCUT2D eigenvalue weighted by Gasteiger charge is 2.53. The van der Waals surface area contributed by atoms with Crippen molar-refractivity contribution < 1.29 is 14.3 Å². The van der Waals surface area contributed by atoms with Crippen LogP contribution in [0, 0.1) is 51.8 Å². The number of pyridine rings is 1. The van der Waals surface area contributed by atoms with E-state index in [1.165, 1.54) is 18.7 Å². The van der Waals surface area contributed by atoms with E-state index in [1.54, 1.807) is 6.07 Å². The molecule has 8 heteroatoms. The lowest BCUT2D eigenvalue weighted by atomic mass is 9.53. The number of hydrogen-bond acceptors (Lipinski definition) is 6. The van der Waals surface area contributed by atoms with Crippen LogP contribution in [0.2, 0.25) is 0 Å². The van der Waals surface area contributed by atoms with Crippen molar-refractivity contribution in [1.82, 2.24) is 15.2 Å². The number of nitriles is 1. The second kappa shape index (κ2) is 13.5. The van der Waals surface area contributed by atoms with E-state index in [0.717, 1.165) is 71.0 Å². The van der Waals surface area contributed by atoms with E-state index in [2.05, 4.69) is 48.6 Å². The fourth-order valence-electron chi connectivity index (χ4n) is 9.47. The first-order valence-corrected chi connectivity index (χ1v) is 17.3. The molecule has 1 aromatic heterocycles. The molecule has 5 rings (SSSR count). The van der Waals surface area contributed by atoms with Gasteiger partial charge in [-0.15, -0.1) is 6.58 Å². The van der Waals surface area contributed by atoms with Crippen LogP contribution in [-0.2, 0) is 9.53 Å². The number of carbonyl (C=O) groups is 2. The third-order valence-electron chi connectivity index (χ3n) is 11.9. The summed E-state index contributed by atoms with van der Waals surface area (Å²) >= 11 is 0. The molecule has 1 amide bonds. The maximum absolute atomic E-state index is 13.8. The maximum Gasteiger partial charge on any atom is 0.252 e. The number of H-pyrrole nitrogens is 1. The largest absolute Gasteiger partial charge is 0.374 e. The highest BCUT2D eigenvalue weighted by molar-refractivity contribution is 5.94. The van der Waals surface area contributed by atoms with Crippen molar-refractivity contribution >= 4 is 11.7 Å². The second-order valence-corrected chi connectivity index (χ2v) is 15.7. The number of piperidine rings is 1. The van der Waals surface area contributed by atoms with E-state index in [9.17, 15) is 19.6 Å². The van der Waals surface area contributed by atoms with Gasteiger partial charge in [-0.25, -0.2) is 0 Å². The van der Waals surface area contributed by atoms with Crippen molar-refractivity contribution in [2.24, 2.45) is 40.4 Å². The minimum absolute atomic E-state index is 0.0306. The number of aromatic amines is 1. The van der Waals surface area contributed by atoms with Gasteiger partial charge in [0.1, 0.15) is 5.78 Å². The summed E-state index contributed by atoms with van der Waals surface area (Å²) in [5.41, 5.74) is -0.0158. The molecule has 0 spiro atoms. The zero-order valence-corrected chi connectivity index (χ0v) is 27.9. The van der Waals surface area contributed by atoms with Gasteiger partial charge in [-0.3, -0.25) is 14.4 Å². The summed E-state index contributed by atoms with van der Waals surface area (Å²) < 4.78 is 6.72. The van der Waals surface area contributed by atoms with Crippen LogP contribution in [0.1, 0.15) is 102 Å². The van der Waals surface area contributed by atoms with Gasteiger partial charge >= 0.3 is 0 Å². The summed E-state index contributed by atoms with van der Waals surface area (Å²) in [5, 5.41) is 13.2. The summed E-state index contributed by atoms with van der Waals surface area (Å²) in [6, 6.07) is 5.55. The molecule has 2 heterocycles. The lowest BCUT2D eigenvalue weighted by molar-refractivity contribution is -0.146. The van der Waals surface area contributed by atoms with Gasteiger partial charge in [-0.05, 0) is 99.4 Å². The molecular weight excluding hydrogens is 564 g/mol. The van der Waals surface area contributed by atoms with Crippen LogP contribution in [0.4, 0.5) is 0 Å². The van der Waals surface area contributed by atoms with Crippen molar-refractivity contribution in [3.8, 4) is 6.07 Å². The average molecular weight is 619 g/mol. The molecule has 246 valence electrons. The summed E-state index contributed by atoms with van der Waals surface area (Å²) in [5.74, 6) is 1.29. The van der Waals surface area contributed by atoms with Gasteiger partial charge in [-0.2, -0.15) is 5.26 Å². The van der Waals surface area contributed by atoms with Gasteiger partial charge in [0, 0.05) is 50.3 Å². The Morgan fingerprint density at radius 1 is 1.22 bits per heavy atom. The van der Waals surface area contributed by atoms with Crippen LogP contribution in [0.25, 0.3) is 0 Å². The van der Waals surface area contributed by atoms with Gasteiger partial charge in [0.15, 0.2) is 0 Å². The molecule has 0 aromatic carbocycles. The van der Waals surface area contributed by atoms with Crippen LogP contribution in [0.5, 0.6) is 0 Å². The molecule has 45 heavy (non-hydrogen) atoms. The molecule has 0 radical (unpaired) electrons. The highest BCUT2D eigenvalue weighted by Crippen LogP contribution is 2.59. The predicted octanol–water partition coefficient (Wildman–Crippen LogP) is 5.90. The molecule has 2 N–H and O–H groups in total. The first-order valence-electron chi connectivity index (χ1n) is 17.3. The number of aromatic nitrogens is 1. The average Bonchev–Trinajstić information content (AvgIpc) is 3.64. The number of nitrogens with zero attached hydrogens (tertiary/aromatic N) is 2. The number of likely N-dealkylation sites (tertiary alicyclic amines) is 1. The molecule has 3 saturated carbocycles. The van der Waals surface area contributed by atoms with Gasteiger partial charge in [0.05, 0.1) is 29.8 Å². The summed E-state index contributed by atoms with van der Waals surface area (Å²) in [6.45, 7) is 16.2. The maximum atomic E-state index is 13.8. The van der Waals surface area contributed by atoms with E-state index < -0.39 is 0 Å². The quantitative estimate of drug-likeness (QED) is 0.266. The van der Waals surface area contributed by atoms with Crippen molar-refractivity contribution in [3.05, 3.63) is 46.9 Å². The van der Waals surface area contributed by atoms with Crippen molar-refractivity contribution in [1.29, 1.82) is 5.26 Å². The zero-order valence-electron chi connectivity index (χ0n) is 27.9. The summed E-state index contributed by atoms with van der Waals surface area (Å²) in [6.07, 6.45) is 12.9. The normalized spacial score (nSPS) is 34.7. The smallest absolute Gasteiger partial charge is 0.252 e. The molecule has 1 saturated heterocycles. The summed E-state index contributed by atoms with van der Waals surface area (Å²) in [4.78, 5) is 42.6. The van der Waals surface area contributed by atoms with Crippen LogP contribution < -0.4 is 10.9 Å². The van der Waals surface area contributed by atoms with Crippen LogP contribution in [0.3, 0.4) is 0 Å². The molecule has 1 aromatic rings. The van der Waals surface area contributed by atoms with E-state index in [0.29, 0.717) is 36.3 Å². The SMILES string of the molecule is C=C[C@@]1(C[C@@H](C#N)C(C)C(=O)C[C@@]23CC(C)CC(C2)C[C@@](C)(OCCN2CCC(NC(=O)c4ccc(=O)[nH]c4)CC2)C3)C[C@@H]1C. The molecule has 4 fully saturated rings. The number of ether oxygens (including phenoxy) is 1. The Balaban J connectivity index is 1.12. The predicted molar refractivity (Wildman–Crippen MR) is 175 cm³/mol. The molecule has 3 unspecified atom stereocenters. The van der Waals surface area contributed by atoms with Crippen molar-refractivity contribution in [2.45, 2.75) is 104 Å². The van der Waals surface area contributed by atoms with Gasteiger partial charge in [0.25, 0.3) is 5.91 Å². The summed E-state index contributed by atoms with van der Waals surface area (Å²) in [7, 11) is 0. The zero-order chi connectivity index (χ0) is 32.4. The first kappa shape index (κ1) is 33.6. The molecule has 4 aliphatic rings. The number of ketones is 1. The standard InChI is InChI=1S/C37H54N4O4/c1-6-37(17-26(37)3)20-30(22-38)27(4)32(42)21-36-16-25(2)15-28(19-36)18-35(5,24-36)45-14-13-41-11-9-31(10-12-41)40-34(44)29-7-8-33(43)39-23-29/h6-8,23,25-28,30-31H,1,9-21,24H2,2-5H3,(H,39,43)(H,40,44)/t25?,26-,27?,28?,30-,35+,36+,37-/m0/s1. The molecule has 8 nitrogen and oxygen atoms in total. The number of hydrogen-bond donors (Lipinski definition) is 2. The van der Waals surface area contributed by atoms with Gasteiger partial charge in [0.2, 0.25) is 5.56 Å². The third-order valence-corrected chi connectivity index (χ3v) is 11.9. The van der Waals surface area contributed by atoms with Crippen molar-refractivity contribution in [3.63, 3.8) is 0 Å². The number of Topliss-reactive ketones (excluding diaryl/α,β-unsaturated/α-hetero) is 1. The van der Waals surface area contributed by atoms with Crippen LogP contribution >= 0.6 is 0 Å². The molecule has 8 atom stereocenters. The second-order valence-electron chi connectivity index (χ2n) is 15.7. The molecule has 1 aliphatic heterocycles. The fourth-order valence-corrected chi connectivity index (χ4v) is 9.47. The van der Waals surface area contributed by atoms with Gasteiger partial charge < -0.3 is 19.9 Å².